The van der Waals surface area contributed by atoms with Crippen molar-refractivity contribution in [1.29, 1.82) is 0 Å². The molecule has 2 heterocycles. The first-order valence-electron chi connectivity index (χ1n) is 5.65. The Morgan fingerprint density at radius 3 is 2.12 bits per heavy atom. The van der Waals surface area contributed by atoms with E-state index in [1.165, 1.54) is 12.2 Å². The second kappa shape index (κ2) is 6.80. The zero-order valence-electron chi connectivity index (χ0n) is 9.86. The van der Waals surface area contributed by atoms with Crippen molar-refractivity contribution < 1.29 is 14.4 Å². The number of carbonyl (C=O) groups excluding carboxylic acids is 3. The van der Waals surface area contributed by atoms with Crippen molar-refractivity contribution in [3.05, 3.63) is 12.2 Å². The van der Waals surface area contributed by atoms with Gasteiger partial charge in [0.2, 0.25) is 5.91 Å². The van der Waals surface area contributed by atoms with Crippen molar-refractivity contribution >= 4 is 17.7 Å². The zero-order chi connectivity index (χ0) is 12.7. The second-order valence-electron chi connectivity index (χ2n) is 3.67. The van der Waals surface area contributed by atoms with Gasteiger partial charge in [-0.3, -0.25) is 19.7 Å². The highest BCUT2D eigenvalue weighted by atomic mass is 16.2. The summed E-state index contributed by atoms with van der Waals surface area (Å²) < 4.78 is 0. The molecule has 0 aromatic rings. The van der Waals surface area contributed by atoms with E-state index >= 15 is 0 Å². The van der Waals surface area contributed by atoms with E-state index in [2.05, 4.69) is 5.32 Å². The monoisotopic (exact) mass is 239 g/mol. The summed E-state index contributed by atoms with van der Waals surface area (Å²) in [5, 5.41) is 5.23. The number of imide groups is 1. The first-order valence-corrected chi connectivity index (χ1v) is 5.65. The molecule has 0 aromatic carbocycles. The van der Waals surface area contributed by atoms with E-state index in [-0.39, 0.29) is 17.7 Å². The standard InChI is InChI=1S/C7H14N2O.C4H3NO2/c1-2-7(10)9-5-3-8-4-6-9;6-3-1-2-4(7)5-3/h8H,2-6H2,1H3;1-2H,(H,5,6,7). The molecule has 1 fully saturated rings. The predicted molar refractivity (Wildman–Crippen MR) is 62.0 cm³/mol. The van der Waals surface area contributed by atoms with Gasteiger partial charge in [-0.15, -0.1) is 0 Å². The predicted octanol–water partition coefficient (Wildman–Crippen LogP) is -0.973. The van der Waals surface area contributed by atoms with Crippen molar-refractivity contribution in [2.24, 2.45) is 0 Å². The van der Waals surface area contributed by atoms with Crippen LogP contribution in [0.4, 0.5) is 0 Å². The first-order chi connectivity index (χ1) is 8.13. The maximum Gasteiger partial charge on any atom is 0.250 e. The molecule has 3 amide bonds. The van der Waals surface area contributed by atoms with Crippen LogP contribution >= 0.6 is 0 Å². The molecular formula is C11H17N3O3. The van der Waals surface area contributed by atoms with Crippen molar-refractivity contribution in [2.45, 2.75) is 13.3 Å². The van der Waals surface area contributed by atoms with Crippen molar-refractivity contribution in [3.8, 4) is 0 Å². The molecule has 0 aromatic heterocycles. The molecule has 2 aliphatic heterocycles. The molecule has 0 saturated carbocycles. The van der Waals surface area contributed by atoms with Crippen LogP contribution in [0.1, 0.15) is 13.3 Å². The van der Waals surface area contributed by atoms with Crippen LogP contribution in [0.15, 0.2) is 12.2 Å². The first kappa shape index (κ1) is 13.4. The lowest BCUT2D eigenvalue weighted by Crippen LogP contribution is -2.46. The maximum atomic E-state index is 11.1. The van der Waals surface area contributed by atoms with E-state index in [4.69, 9.17) is 0 Å². The summed E-state index contributed by atoms with van der Waals surface area (Å²) in [6, 6.07) is 0. The SMILES string of the molecule is CCC(=O)N1CCNCC1.O=C1C=CC(=O)N1. The number of piperazine rings is 1. The fourth-order valence-corrected chi connectivity index (χ4v) is 1.49. The third-order valence-electron chi connectivity index (χ3n) is 2.40. The highest BCUT2D eigenvalue weighted by molar-refractivity contribution is 6.12. The van der Waals surface area contributed by atoms with Gasteiger partial charge in [-0.1, -0.05) is 6.92 Å². The lowest BCUT2D eigenvalue weighted by atomic mass is 10.3. The number of rotatable bonds is 1. The van der Waals surface area contributed by atoms with Crippen LogP contribution in [-0.2, 0) is 14.4 Å². The molecule has 2 rings (SSSR count). The van der Waals surface area contributed by atoms with Crippen molar-refractivity contribution in [1.82, 2.24) is 15.5 Å². The van der Waals surface area contributed by atoms with Gasteiger partial charge < -0.3 is 10.2 Å². The molecule has 17 heavy (non-hydrogen) atoms. The molecule has 6 heteroatoms. The van der Waals surface area contributed by atoms with E-state index < -0.39 is 0 Å². The molecule has 6 nitrogen and oxygen atoms in total. The number of hydrogen-bond acceptors (Lipinski definition) is 4. The average molecular weight is 239 g/mol. The number of nitrogens with zero attached hydrogens (tertiary/aromatic N) is 1. The third kappa shape index (κ3) is 4.78. The van der Waals surface area contributed by atoms with Crippen LogP contribution in [0.2, 0.25) is 0 Å². The summed E-state index contributed by atoms with van der Waals surface area (Å²) in [6.45, 7) is 5.57. The van der Waals surface area contributed by atoms with E-state index in [1.54, 1.807) is 0 Å². The largest absolute Gasteiger partial charge is 0.340 e. The smallest absolute Gasteiger partial charge is 0.250 e. The molecule has 0 radical (unpaired) electrons. The Morgan fingerprint density at radius 1 is 1.24 bits per heavy atom. The van der Waals surface area contributed by atoms with E-state index in [9.17, 15) is 14.4 Å². The van der Waals surface area contributed by atoms with Crippen LogP contribution in [0.3, 0.4) is 0 Å². The molecule has 2 aliphatic rings. The minimum absolute atomic E-state index is 0.279. The summed E-state index contributed by atoms with van der Waals surface area (Å²) in [5.41, 5.74) is 0. The Kier molecular flexibility index (Phi) is 5.35. The van der Waals surface area contributed by atoms with Gasteiger partial charge in [0.15, 0.2) is 0 Å². The van der Waals surface area contributed by atoms with E-state index in [1.807, 2.05) is 17.1 Å². The minimum Gasteiger partial charge on any atom is -0.340 e. The molecule has 0 spiro atoms. The summed E-state index contributed by atoms with van der Waals surface area (Å²) in [6.07, 6.45) is 3.03. The minimum atomic E-state index is -0.329. The quantitative estimate of drug-likeness (QED) is 0.577. The van der Waals surface area contributed by atoms with Crippen LogP contribution in [0.5, 0.6) is 0 Å². The Labute approximate surface area is 100 Å². The second-order valence-corrected chi connectivity index (χ2v) is 3.67. The van der Waals surface area contributed by atoms with Gasteiger partial charge in [0.25, 0.3) is 11.8 Å². The Balaban J connectivity index is 0.000000181. The van der Waals surface area contributed by atoms with Gasteiger partial charge in [-0.2, -0.15) is 0 Å². The summed E-state index contributed by atoms with van der Waals surface area (Å²) in [5.74, 6) is -0.378. The zero-order valence-corrected chi connectivity index (χ0v) is 9.86. The van der Waals surface area contributed by atoms with Gasteiger partial charge in [0.1, 0.15) is 0 Å². The highest BCUT2D eigenvalue weighted by Gasteiger charge is 2.13. The number of amides is 3. The van der Waals surface area contributed by atoms with Gasteiger partial charge in [-0.25, -0.2) is 0 Å². The van der Waals surface area contributed by atoms with Crippen LogP contribution in [-0.4, -0.2) is 48.8 Å². The molecule has 0 atom stereocenters. The fourth-order valence-electron chi connectivity index (χ4n) is 1.49. The van der Waals surface area contributed by atoms with Crippen LogP contribution in [0, 0.1) is 0 Å². The summed E-state index contributed by atoms with van der Waals surface area (Å²) >= 11 is 0. The number of hydrogen-bond donors (Lipinski definition) is 2. The molecule has 0 aliphatic carbocycles. The molecule has 0 unspecified atom stereocenters. The number of carbonyl (C=O) groups is 3. The van der Waals surface area contributed by atoms with Gasteiger partial charge in [-0.05, 0) is 0 Å². The Bertz CT molecular complexity index is 317. The summed E-state index contributed by atoms with van der Waals surface area (Å²) in [7, 11) is 0. The van der Waals surface area contributed by atoms with Crippen molar-refractivity contribution in [2.75, 3.05) is 26.2 Å². The summed E-state index contributed by atoms with van der Waals surface area (Å²) in [4.78, 5) is 33.0. The lowest BCUT2D eigenvalue weighted by Gasteiger charge is -2.26. The molecule has 2 N–H and O–H groups in total. The van der Waals surface area contributed by atoms with Crippen molar-refractivity contribution in [3.63, 3.8) is 0 Å². The third-order valence-corrected chi connectivity index (χ3v) is 2.40. The van der Waals surface area contributed by atoms with Crippen LogP contribution in [0.25, 0.3) is 0 Å². The Morgan fingerprint density at radius 2 is 1.76 bits per heavy atom. The average Bonchev–Trinajstić information content (AvgIpc) is 2.74. The Hall–Kier alpha value is -1.69. The molecular weight excluding hydrogens is 222 g/mol. The van der Waals surface area contributed by atoms with E-state index in [0.717, 1.165) is 26.2 Å². The van der Waals surface area contributed by atoms with Crippen LogP contribution < -0.4 is 10.6 Å². The molecule has 1 saturated heterocycles. The normalized spacial score (nSPS) is 18.5. The van der Waals surface area contributed by atoms with E-state index in [0.29, 0.717) is 6.42 Å². The fraction of sp³-hybridized carbons (Fsp3) is 0.545. The maximum absolute atomic E-state index is 11.1. The van der Waals surface area contributed by atoms with Gasteiger partial charge in [0, 0.05) is 44.8 Å². The van der Waals surface area contributed by atoms with Gasteiger partial charge >= 0.3 is 0 Å². The molecule has 0 bridgehead atoms. The number of nitrogens with one attached hydrogen (secondary N) is 2. The lowest BCUT2D eigenvalue weighted by molar-refractivity contribution is -0.131. The highest BCUT2D eigenvalue weighted by Crippen LogP contribution is 1.95. The molecule has 94 valence electrons. The topological polar surface area (TPSA) is 78.5 Å². The van der Waals surface area contributed by atoms with Gasteiger partial charge in [0.05, 0.1) is 0 Å².